The first-order chi connectivity index (χ1) is 8.74. The molecule has 1 heterocycles. The first-order valence-electron chi connectivity index (χ1n) is 6.32. The van der Waals surface area contributed by atoms with E-state index in [1.54, 1.807) is 19.2 Å². The molecule has 0 radical (unpaired) electrons. The Bertz CT molecular complexity index is 493. The molecule has 1 saturated carbocycles. The maximum Gasteiger partial charge on any atom is 0.143 e. The van der Waals surface area contributed by atoms with Crippen LogP contribution in [-0.2, 0) is 4.84 Å². The van der Waals surface area contributed by atoms with Crippen LogP contribution < -0.4 is 4.74 Å². The molecule has 0 bridgehead atoms. The van der Waals surface area contributed by atoms with Crippen molar-refractivity contribution in [2.24, 2.45) is 5.16 Å². The average molecular weight is 249 g/mol. The van der Waals surface area contributed by atoms with E-state index in [9.17, 15) is 4.39 Å². The summed E-state index contributed by atoms with van der Waals surface area (Å²) in [5, 5.41) is 4.11. The zero-order chi connectivity index (χ0) is 12.6. The van der Waals surface area contributed by atoms with Crippen molar-refractivity contribution in [3.8, 4) is 5.75 Å². The summed E-state index contributed by atoms with van der Waals surface area (Å²) >= 11 is 0. The maximum atomic E-state index is 13.9. The molecule has 0 saturated heterocycles. The SMILES string of the molecule is COc1cccc(F)c1C1=NOC2(CCCC2)C1. The zero-order valence-corrected chi connectivity index (χ0v) is 10.4. The molecule has 1 aromatic carbocycles. The Kier molecular flexibility index (Phi) is 2.73. The zero-order valence-electron chi connectivity index (χ0n) is 10.4. The molecule has 3 nitrogen and oxygen atoms in total. The molecule has 0 unspecified atom stereocenters. The van der Waals surface area contributed by atoms with Crippen molar-refractivity contribution in [1.82, 2.24) is 0 Å². The van der Waals surface area contributed by atoms with E-state index in [2.05, 4.69) is 5.16 Å². The summed E-state index contributed by atoms with van der Waals surface area (Å²) in [7, 11) is 1.54. The lowest BCUT2D eigenvalue weighted by Gasteiger charge is -2.19. The Labute approximate surface area is 106 Å². The summed E-state index contributed by atoms with van der Waals surface area (Å²) in [6, 6.07) is 4.82. The van der Waals surface area contributed by atoms with Crippen molar-refractivity contribution in [2.45, 2.75) is 37.7 Å². The van der Waals surface area contributed by atoms with Gasteiger partial charge in [0, 0.05) is 6.42 Å². The molecule has 0 aromatic heterocycles. The van der Waals surface area contributed by atoms with Crippen LogP contribution in [0.5, 0.6) is 5.75 Å². The van der Waals surface area contributed by atoms with Crippen LogP contribution in [0.1, 0.15) is 37.7 Å². The molecule has 1 aliphatic carbocycles. The van der Waals surface area contributed by atoms with Crippen LogP contribution in [0.2, 0.25) is 0 Å². The summed E-state index contributed by atoms with van der Waals surface area (Å²) in [6.07, 6.45) is 5.03. The van der Waals surface area contributed by atoms with Crippen LogP contribution in [0.3, 0.4) is 0 Å². The highest BCUT2D eigenvalue weighted by Crippen LogP contribution is 2.42. The lowest BCUT2D eigenvalue weighted by molar-refractivity contribution is -0.0126. The van der Waals surface area contributed by atoms with E-state index >= 15 is 0 Å². The fourth-order valence-electron chi connectivity index (χ4n) is 2.90. The van der Waals surface area contributed by atoms with Gasteiger partial charge in [0.05, 0.1) is 18.4 Å². The largest absolute Gasteiger partial charge is 0.496 e. The minimum atomic E-state index is -0.299. The second kappa shape index (κ2) is 4.26. The van der Waals surface area contributed by atoms with E-state index in [0.29, 0.717) is 23.4 Å². The van der Waals surface area contributed by atoms with Gasteiger partial charge in [-0.3, -0.25) is 0 Å². The summed E-state index contributed by atoms with van der Waals surface area (Å²) in [5.74, 6) is 0.221. The summed E-state index contributed by atoms with van der Waals surface area (Å²) in [4.78, 5) is 5.59. The number of ether oxygens (including phenoxy) is 1. The smallest absolute Gasteiger partial charge is 0.143 e. The summed E-state index contributed by atoms with van der Waals surface area (Å²) in [5.41, 5.74) is 0.943. The predicted molar refractivity (Wildman–Crippen MR) is 66.4 cm³/mol. The van der Waals surface area contributed by atoms with Crippen LogP contribution in [0, 0.1) is 5.82 Å². The monoisotopic (exact) mass is 249 g/mol. The van der Waals surface area contributed by atoms with Gasteiger partial charge in [-0.25, -0.2) is 4.39 Å². The van der Waals surface area contributed by atoms with Crippen molar-refractivity contribution >= 4 is 5.71 Å². The lowest BCUT2D eigenvalue weighted by Crippen LogP contribution is -2.24. The topological polar surface area (TPSA) is 30.8 Å². The third-order valence-corrected chi connectivity index (χ3v) is 3.84. The van der Waals surface area contributed by atoms with Gasteiger partial charge in [0.2, 0.25) is 0 Å². The first-order valence-corrected chi connectivity index (χ1v) is 6.32. The van der Waals surface area contributed by atoms with Gasteiger partial charge in [0.25, 0.3) is 0 Å². The predicted octanol–water partition coefficient (Wildman–Crippen LogP) is 3.27. The van der Waals surface area contributed by atoms with Gasteiger partial charge in [0.15, 0.2) is 0 Å². The molecule has 3 rings (SSSR count). The highest BCUT2D eigenvalue weighted by Gasteiger charge is 2.43. The third kappa shape index (κ3) is 1.76. The van der Waals surface area contributed by atoms with E-state index < -0.39 is 0 Å². The van der Waals surface area contributed by atoms with Gasteiger partial charge in [-0.1, -0.05) is 11.2 Å². The molecule has 1 aliphatic heterocycles. The molecule has 2 aliphatic rings. The van der Waals surface area contributed by atoms with Crippen LogP contribution in [-0.4, -0.2) is 18.4 Å². The number of hydrogen-bond acceptors (Lipinski definition) is 3. The number of halogens is 1. The van der Waals surface area contributed by atoms with E-state index in [0.717, 1.165) is 25.7 Å². The van der Waals surface area contributed by atoms with Gasteiger partial charge < -0.3 is 9.57 Å². The lowest BCUT2D eigenvalue weighted by atomic mass is 9.92. The van der Waals surface area contributed by atoms with Crippen molar-refractivity contribution < 1.29 is 14.0 Å². The van der Waals surface area contributed by atoms with Gasteiger partial charge in [-0.2, -0.15) is 0 Å². The first kappa shape index (κ1) is 11.5. The van der Waals surface area contributed by atoms with Crippen molar-refractivity contribution in [1.29, 1.82) is 0 Å². The standard InChI is InChI=1S/C14H16FNO2/c1-17-12-6-4-5-10(15)13(12)11-9-14(18-16-11)7-2-3-8-14/h4-6H,2-3,7-9H2,1H3. The molecule has 96 valence electrons. The molecule has 18 heavy (non-hydrogen) atoms. The van der Waals surface area contributed by atoms with Crippen molar-refractivity contribution in [3.05, 3.63) is 29.6 Å². The van der Waals surface area contributed by atoms with Crippen molar-refractivity contribution in [3.63, 3.8) is 0 Å². The molecular formula is C14H16FNO2. The molecule has 0 amide bonds. The molecule has 4 heteroatoms. The maximum absolute atomic E-state index is 13.9. The van der Waals surface area contributed by atoms with Gasteiger partial charge in [-0.15, -0.1) is 0 Å². The highest BCUT2D eigenvalue weighted by molar-refractivity contribution is 6.04. The van der Waals surface area contributed by atoms with Gasteiger partial charge in [0.1, 0.15) is 17.2 Å². The molecule has 0 atom stereocenters. The summed E-state index contributed by atoms with van der Waals surface area (Å²) in [6.45, 7) is 0. The number of rotatable bonds is 2. The number of oxime groups is 1. The average Bonchev–Trinajstić information content (AvgIpc) is 3.00. The number of hydrogen-bond donors (Lipinski definition) is 0. The highest BCUT2D eigenvalue weighted by atomic mass is 19.1. The Morgan fingerprint density at radius 1 is 1.33 bits per heavy atom. The minimum absolute atomic E-state index is 0.178. The number of benzene rings is 1. The fourth-order valence-corrected chi connectivity index (χ4v) is 2.90. The quantitative estimate of drug-likeness (QED) is 0.805. The summed E-state index contributed by atoms with van der Waals surface area (Å²) < 4.78 is 19.2. The van der Waals surface area contributed by atoms with E-state index in [-0.39, 0.29) is 11.4 Å². The van der Waals surface area contributed by atoms with E-state index in [1.807, 2.05) is 0 Å². The van der Waals surface area contributed by atoms with Crippen LogP contribution >= 0.6 is 0 Å². The van der Waals surface area contributed by atoms with Crippen LogP contribution in [0.4, 0.5) is 4.39 Å². The van der Waals surface area contributed by atoms with E-state index in [4.69, 9.17) is 9.57 Å². The Balaban J connectivity index is 1.93. The van der Waals surface area contributed by atoms with Crippen LogP contribution in [0.15, 0.2) is 23.4 Å². The minimum Gasteiger partial charge on any atom is -0.496 e. The fraction of sp³-hybridized carbons (Fsp3) is 0.500. The molecular weight excluding hydrogens is 233 g/mol. The number of nitrogens with zero attached hydrogens (tertiary/aromatic N) is 1. The second-order valence-corrected chi connectivity index (χ2v) is 5.01. The normalized spacial score (nSPS) is 20.9. The van der Waals surface area contributed by atoms with Crippen molar-refractivity contribution in [2.75, 3.05) is 7.11 Å². The van der Waals surface area contributed by atoms with Gasteiger partial charge in [-0.05, 0) is 37.8 Å². The Morgan fingerprint density at radius 3 is 2.83 bits per heavy atom. The molecule has 1 aromatic rings. The second-order valence-electron chi connectivity index (χ2n) is 5.01. The van der Waals surface area contributed by atoms with E-state index in [1.165, 1.54) is 6.07 Å². The Hall–Kier alpha value is -1.58. The molecule has 0 N–H and O–H groups in total. The van der Waals surface area contributed by atoms with Crippen LogP contribution in [0.25, 0.3) is 0 Å². The molecule has 1 spiro atoms. The Morgan fingerprint density at radius 2 is 2.11 bits per heavy atom. The molecule has 1 fully saturated rings. The van der Waals surface area contributed by atoms with Gasteiger partial charge >= 0.3 is 0 Å². The third-order valence-electron chi connectivity index (χ3n) is 3.84. The number of methoxy groups -OCH3 is 1.